The lowest BCUT2D eigenvalue weighted by Crippen LogP contribution is -2.43. The zero-order valence-corrected chi connectivity index (χ0v) is 21.9. The van der Waals surface area contributed by atoms with Crippen molar-refractivity contribution in [1.29, 1.82) is 0 Å². The van der Waals surface area contributed by atoms with E-state index in [-0.39, 0.29) is 11.7 Å². The number of benzene rings is 1. The van der Waals surface area contributed by atoms with Crippen LogP contribution in [0.15, 0.2) is 41.7 Å². The van der Waals surface area contributed by atoms with E-state index < -0.39 is 0 Å². The monoisotopic (exact) mass is 510 g/mol. The number of anilines is 2. The highest BCUT2D eigenvalue weighted by molar-refractivity contribution is 7.97. The van der Waals surface area contributed by atoms with Gasteiger partial charge in [0.2, 0.25) is 0 Å². The van der Waals surface area contributed by atoms with Crippen molar-refractivity contribution in [1.82, 2.24) is 29.4 Å². The van der Waals surface area contributed by atoms with Gasteiger partial charge in [-0.05, 0) is 77.1 Å². The van der Waals surface area contributed by atoms with Crippen LogP contribution in [0.4, 0.5) is 11.5 Å². The van der Waals surface area contributed by atoms with Gasteiger partial charge in [-0.15, -0.1) is 0 Å². The number of morpholine rings is 1. The van der Waals surface area contributed by atoms with Crippen molar-refractivity contribution in [3.05, 3.63) is 36.8 Å². The summed E-state index contributed by atoms with van der Waals surface area (Å²) in [5.41, 5.74) is 8.93. The molecule has 2 aliphatic rings. The number of nitrogen functional groups attached to an aromatic ring is 1. The minimum Gasteiger partial charge on any atom is -0.433 e. The van der Waals surface area contributed by atoms with Crippen molar-refractivity contribution >= 4 is 23.5 Å². The van der Waals surface area contributed by atoms with Crippen molar-refractivity contribution in [3.63, 3.8) is 0 Å². The molecular formula is C25H34N8O2S. The predicted molar refractivity (Wildman–Crippen MR) is 142 cm³/mol. The summed E-state index contributed by atoms with van der Waals surface area (Å²) in [6, 6.07) is 7.09. The molecule has 0 bridgehead atoms. The van der Waals surface area contributed by atoms with Crippen molar-refractivity contribution in [2.45, 2.75) is 36.7 Å². The number of nitrogens with zero attached hydrogens (tertiary/aromatic N) is 6. The SMILES string of the molecule is CNSc1cc(-c2cnc(N)c(Oc3cnn(C4CCN(C)CC4)c3)n2)cc(N2CCOC[C@H]2C)c1. The molecule has 1 aromatic carbocycles. The third kappa shape index (κ3) is 5.59. The molecule has 4 heterocycles. The molecule has 0 saturated carbocycles. The molecule has 0 aliphatic carbocycles. The van der Waals surface area contributed by atoms with Gasteiger partial charge in [0.1, 0.15) is 0 Å². The molecule has 3 aromatic rings. The fourth-order valence-electron chi connectivity index (χ4n) is 4.72. The summed E-state index contributed by atoms with van der Waals surface area (Å²) in [7, 11) is 4.06. The molecule has 36 heavy (non-hydrogen) atoms. The first-order chi connectivity index (χ1) is 17.5. The highest BCUT2D eigenvalue weighted by Gasteiger charge is 2.22. The number of likely N-dealkylation sites (tertiary alicyclic amines) is 1. The maximum absolute atomic E-state index is 6.16. The van der Waals surface area contributed by atoms with Crippen LogP contribution in [-0.2, 0) is 4.74 Å². The Labute approximate surface area is 216 Å². The highest BCUT2D eigenvalue weighted by atomic mass is 32.2. The molecule has 2 fully saturated rings. The topological polar surface area (TPSA) is 107 Å². The van der Waals surface area contributed by atoms with Gasteiger partial charge >= 0.3 is 0 Å². The van der Waals surface area contributed by atoms with E-state index in [1.54, 1.807) is 24.3 Å². The van der Waals surface area contributed by atoms with Gasteiger partial charge in [0.25, 0.3) is 5.88 Å². The molecule has 10 nitrogen and oxygen atoms in total. The van der Waals surface area contributed by atoms with Crippen LogP contribution >= 0.6 is 11.9 Å². The van der Waals surface area contributed by atoms with E-state index in [4.69, 9.17) is 20.2 Å². The molecule has 11 heteroatoms. The van der Waals surface area contributed by atoms with E-state index in [0.717, 1.165) is 48.6 Å². The summed E-state index contributed by atoms with van der Waals surface area (Å²) in [6.07, 6.45) is 7.47. The predicted octanol–water partition coefficient (Wildman–Crippen LogP) is 3.43. The summed E-state index contributed by atoms with van der Waals surface area (Å²) in [5, 5.41) is 4.53. The van der Waals surface area contributed by atoms with Crippen LogP contribution < -0.4 is 20.1 Å². The molecular weight excluding hydrogens is 476 g/mol. The van der Waals surface area contributed by atoms with Crippen LogP contribution in [0.2, 0.25) is 0 Å². The van der Waals surface area contributed by atoms with Gasteiger partial charge in [-0.25, -0.2) is 9.97 Å². The van der Waals surface area contributed by atoms with E-state index in [0.29, 0.717) is 36.7 Å². The molecule has 0 amide bonds. The number of nitrogens with one attached hydrogen (secondary N) is 1. The Morgan fingerprint density at radius 1 is 1.17 bits per heavy atom. The Morgan fingerprint density at radius 3 is 2.78 bits per heavy atom. The zero-order chi connectivity index (χ0) is 25.1. The maximum atomic E-state index is 6.16. The van der Waals surface area contributed by atoms with Crippen LogP contribution in [0.25, 0.3) is 11.3 Å². The summed E-state index contributed by atoms with van der Waals surface area (Å²) in [4.78, 5) is 14.9. The quantitative estimate of drug-likeness (QED) is 0.459. The minimum atomic E-state index is 0.244. The molecule has 0 spiro atoms. The Balaban J connectivity index is 1.40. The third-order valence-electron chi connectivity index (χ3n) is 6.73. The van der Waals surface area contributed by atoms with Gasteiger partial charge in [-0.2, -0.15) is 5.10 Å². The lowest BCUT2D eigenvalue weighted by molar-refractivity contribution is 0.0989. The molecule has 0 radical (unpaired) electrons. The average Bonchev–Trinajstić information content (AvgIpc) is 3.34. The van der Waals surface area contributed by atoms with E-state index in [1.807, 2.05) is 17.9 Å². The van der Waals surface area contributed by atoms with Crippen LogP contribution in [-0.4, -0.2) is 77.6 Å². The number of rotatable bonds is 7. The highest BCUT2D eigenvalue weighted by Crippen LogP contribution is 2.34. The van der Waals surface area contributed by atoms with E-state index in [1.165, 1.54) is 0 Å². The van der Waals surface area contributed by atoms with Crippen LogP contribution in [0.5, 0.6) is 11.6 Å². The molecule has 0 unspecified atom stereocenters. The zero-order valence-electron chi connectivity index (χ0n) is 21.1. The fourth-order valence-corrected chi connectivity index (χ4v) is 5.33. The molecule has 192 valence electrons. The summed E-state index contributed by atoms with van der Waals surface area (Å²) >= 11 is 1.56. The molecule has 2 aliphatic heterocycles. The van der Waals surface area contributed by atoms with Crippen LogP contribution in [0, 0.1) is 0 Å². The Kier molecular flexibility index (Phi) is 7.61. The molecule has 2 aromatic heterocycles. The van der Waals surface area contributed by atoms with Gasteiger partial charge in [-0.1, -0.05) is 0 Å². The molecule has 3 N–H and O–H groups in total. The van der Waals surface area contributed by atoms with Crippen LogP contribution in [0.1, 0.15) is 25.8 Å². The lowest BCUT2D eigenvalue weighted by atomic mass is 10.1. The van der Waals surface area contributed by atoms with Crippen molar-refractivity contribution in [2.24, 2.45) is 0 Å². The van der Waals surface area contributed by atoms with Crippen molar-refractivity contribution < 1.29 is 9.47 Å². The number of aromatic nitrogens is 4. The van der Waals surface area contributed by atoms with Crippen LogP contribution in [0.3, 0.4) is 0 Å². The number of ether oxygens (including phenoxy) is 2. The van der Waals surface area contributed by atoms with Gasteiger partial charge in [0.05, 0.1) is 43.5 Å². The largest absolute Gasteiger partial charge is 0.433 e. The number of piperidine rings is 1. The molecule has 1 atom stereocenters. The van der Waals surface area contributed by atoms with Gasteiger partial charge in [0, 0.05) is 28.7 Å². The smallest absolute Gasteiger partial charge is 0.263 e. The van der Waals surface area contributed by atoms with Crippen molar-refractivity contribution in [3.8, 4) is 22.9 Å². The average molecular weight is 511 g/mol. The second-order valence-electron chi connectivity index (χ2n) is 9.38. The van der Waals surface area contributed by atoms with E-state index >= 15 is 0 Å². The minimum absolute atomic E-state index is 0.244. The second-order valence-corrected chi connectivity index (χ2v) is 10.5. The fraction of sp³-hybridized carbons (Fsp3) is 0.480. The lowest BCUT2D eigenvalue weighted by Gasteiger charge is -2.35. The maximum Gasteiger partial charge on any atom is 0.263 e. The summed E-state index contributed by atoms with van der Waals surface area (Å²) < 4.78 is 16.9. The summed E-state index contributed by atoms with van der Waals surface area (Å²) in [5.74, 6) is 1.13. The first-order valence-corrected chi connectivity index (χ1v) is 13.2. The number of hydrogen-bond acceptors (Lipinski definition) is 10. The van der Waals surface area contributed by atoms with Crippen molar-refractivity contribution in [2.75, 3.05) is 57.6 Å². The van der Waals surface area contributed by atoms with E-state index in [9.17, 15) is 0 Å². The molecule has 5 rings (SSSR count). The number of nitrogens with two attached hydrogens (primary N) is 1. The van der Waals surface area contributed by atoms with Gasteiger partial charge in [0.15, 0.2) is 11.6 Å². The second kappa shape index (κ2) is 11.0. The third-order valence-corrected chi connectivity index (χ3v) is 7.40. The molecule has 2 saturated heterocycles. The Bertz CT molecular complexity index is 1180. The Morgan fingerprint density at radius 2 is 2.00 bits per heavy atom. The van der Waals surface area contributed by atoms with Gasteiger partial charge in [-0.3, -0.25) is 9.40 Å². The summed E-state index contributed by atoms with van der Waals surface area (Å²) in [6.45, 7) is 6.58. The first kappa shape index (κ1) is 24.8. The van der Waals surface area contributed by atoms with Gasteiger partial charge < -0.3 is 25.0 Å². The standard InChI is InChI=1S/C25H34N8O2S/c1-17-16-34-9-8-32(17)20-10-18(11-22(12-20)36-27-2)23-14-28-24(26)25(30-23)35-21-13-29-33(15-21)19-4-6-31(3)7-5-19/h10-15,17,19,27H,4-9,16H2,1-3H3,(H2,26,28)/t17-/m1/s1. The first-order valence-electron chi connectivity index (χ1n) is 12.4. The number of hydrogen-bond donors (Lipinski definition) is 2. The van der Waals surface area contributed by atoms with E-state index in [2.05, 4.69) is 56.8 Å². The Hall–Kier alpha value is -2.86. The normalized spacial score (nSPS) is 19.5.